The first kappa shape index (κ1) is 12.6. The van der Waals surface area contributed by atoms with Gasteiger partial charge in [0.2, 0.25) is 0 Å². The topological polar surface area (TPSA) is 26.3 Å². The SMILES string of the molecule is O=C(COc1ccc(Br)cc1)C1CCCCC1. The van der Waals surface area contributed by atoms with E-state index < -0.39 is 0 Å². The average Bonchev–Trinajstić information content (AvgIpc) is 2.39. The fraction of sp³-hybridized carbons (Fsp3) is 0.500. The number of ketones is 1. The van der Waals surface area contributed by atoms with Crippen molar-refractivity contribution >= 4 is 21.7 Å². The summed E-state index contributed by atoms with van der Waals surface area (Å²) in [4.78, 5) is 11.9. The van der Waals surface area contributed by atoms with Crippen LogP contribution in [0.15, 0.2) is 28.7 Å². The van der Waals surface area contributed by atoms with Gasteiger partial charge in [0.1, 0.15) is 12.4 Å². The molecule has 2 rings (SSSR count). The minimum Gasteiger partial charge on any atom is -0.486 e. The van der Waals surface area contributed by atoms with Crippen LogP contribution < -0.4 is 4.74 Å². The van der Waals surface area contributed by atoms with Crippen molar-refractivity contribution in [2.75, 3.05) is 6.61 Å². The molecule has 0 atom stereocenters. The highest BCUT2D eigenvalue weighted by molar-refractivity contribution is 9.10. The van der Waals surface area contributed by atoms with Crippen LogP contribution in [-0.4, -0.2) is 12.4 Å². The lowest BCUT2D eigenvalue weighted by Gasteiger charge is -2.20. The van der Waals surface area contributed by atoms with Gasteiger partial charge in [-0.25, -0.2) is 0 Å². The number of hydrogen-bond donors (Lipinski definition) is 0. The highest BCUT2D eigenvalue weighted by Gasteiger charge is 2.21. The van der Waals surface area contributed by atoms with Crippen LogP contribution in [0.4, 0.5) is 0 Å². The summed E-state index contributed by atoms with van der Waals surface area (Å²) < 4.78 is 6.52. The highest BCUT2D eigenvalue weighted by Crippen LogP contribution is 2.24. The van der Waals surface area contributed by atoms with Gasteiger partial charge in [-0.15, -0.1) is 0 Å². The second-order valence-electron chi connectivity index (χ2n) is 4.54. The van der Waals surface area contributed by atoms with Gasteiger partial charge in [-0.1, -0.05) is 35.2 Å². The van der Waals surface area contributed by atoms with E-state index in [2.05, 4.69) is 15.9 Å². The van der Waals surface area contributed by atoms with E-state index in [1.807, 2.05) is 24.3 Å². The van der Waals surface area contributed by atoms with Crippen LogP contribution in [0.1, 0.15) is 32.1 Å². The molecule has 0 bridgehead atoms. The maximum atomic E-state index is 11.9. The normalized spacial score (nSPS) is 16.8. The number of halogens is 1. The molecule has 1 aliphatic rings. The summed E-state index contributed by atoms with van der Waals surface area (Å²) in [6.07, 6.45) is 5.74. The highest BCUT2D eigenvalue weighted by atomic mass is 79.9. The summed E-state index contributed by atoms with van der Waals surface area (Å²) >= 11 is 3.37. The molecule has 0 N–H and O–H groups in total. The second-order valence-corrected chi connectivity index (χ2v) is 5.46. The van der Waals surface area contributed by atoms with Gasteiger partial charge in [0, 0.05) is 10.4 Å². The number of carbonyl (C=O) groups excluding carboxylic acids is 1. The molecule has 2 nitrogen and oxygen atoms in total. The lowest BCUT2D eigenvalue weighted by molar-refractivity contribution is -0.125. The van der Waals surface area contributed by atoms with Crippen LogP contribution in [0.25, 0.3) is 0 Å². The Hall–Kier alpha value is -0.830. The molecule has 0 aromatic heterocycles. The van der Waals surface area contributed by atoms with Gasteiger partial charge in [0.25, 0.3) is 0 Å². The number of hydrogen-bond acceptors (Lipinski definition) is 2. The van der Waals surface area contributed by atoms with E-state index in [1.54, 1.807) is 0 Å². The number of Topliss-reactive ketones (excluding diaryl/α,β-unsaturated/α-hetero) is 1. The standard InChI is InChI=1S/C14H17BrO2/c15-12-6-8-13(9-7-12)17-10-14(16)11-4-2-1-3-5-11/h6-9,11H,1-5,10H2. The van der Waals surface area contributed by atoms with E-state index in [1.165, 1.54) is 19.3 Å². The predicted molar refractivity (Wildman–Crippen MR) is 71.2 cm³/mol. The molecular weight excluding hydrogens is 280 g/mol. The van der Waals surface area contributed by atoms with E-state index in [0.717, 1.165) is 23.1 Å². The van der Waals surface area contributed by atoms with Crippen molar-refractivity contribution in [1.29, 1.82) is 0 Å². The van der Waals surface area contributed by atoms with Crippen molar-refractivity contribution in [3.63, 3.8) is 0 Å². The number of ether oxygens (including phenoxy) is 1. The summed E-state index contributed by atoms with van der Waals surface area (Å²) in [5, 5.41) is 0. The molecule has 92 valence electrons. The van der Waals surface area contributed by atoms with Crippen LogP contribution in [0, 0.1) is 5.92 Å². The van der Waals surface area contributed by atoms with Crippen molar-refractivity contribution in [1.82, 2.24) is 0 Å². The first-order valence-corrected chi connectivity index (χ1v) is 6.96. The molecular formula is C14H17BrO2. The first-order chi connectivity index (χ1) is 8.25. The maximum absolute atomic E-state index is 11.9. The van der Waals surface area contributed by atoms with E-state index in [4.69, 9.17) is 4.74 Å². The van der Waals surface area contributed by atoms with Crippen molar-refractivity contribution in [2.45, 2.75) is 32.1 Å². The van der Waals surface area contributed by atoms with Crippen molar-refractivity contribution in [2.24, 2.45) is 5.92 Å². The third-order valence-corrected chi connectivity index (χ3v) is 3.78. The van der Waals surface area contributed by atoms with E-state index in [9.17, 15) is 4.79 Å². The summed E-state index contributed by atoms with van der Waals surface area (Å²) in [7, 11) is 0. The lowest BCUT2D eigenvalue weighted by atomic mass is 9.86. The molecule has 0 unspecified atom stereocenters. The Bertz CT molecular complexity index is 366. The molecule has 1 aliphatic carbocycles. The Morgan fingerprint density at radius 1 is 1.18 bits per heavy atom. The molecule has 0 radical (unpaired) electrons. The molecule has 17 heavy (non-hydrogen) atoms. The quantitative estimate of drug-likeness (QED) is 0.840. The molecule has 1 fully saturated rings. The molecule has 3 heteroatoms. The third-order valence-electron chi connectivity index (χ3n) is 3.26. The van der Waals surface area contributed by atoms with Crippen molar-refractivity contribution in [3.8, 4) is 5.75 Å². The number of carbonyl (C=O) groups is 1. The fourth-order valence-electron chi connectivity index (χ4n) is 2.23. The molecule has 0 amide bonds. The Morgan fingerprint density at radius 3 is 2.47 bits per heavy atom. The van der Waals surface area contributed by atoms with Gasteiger partial charge in [-0.05, 0) is 37.1 Å². The second kappa shape index (κ2) is 6.20. The van der Waals surface area contributed by atoms with Crippen LogP contribution in [0.2, 0.25) is 0 Å². The summed E-state index contributed by atoms with van der Waals surface area (Å²) in [5.74, 6) is 1.25. The zero-order chi connectivity index (χ0) is 12.1. The molecule has 0 heterocycles. The molecule has 1 aromatic rings. The van der Waals surface area contributed by atoms with Crippen molar-refractivity contribution in [3.05, 3.63) is 28.7 Å². The van der Waals surface area contributed by atoms with Gasteiger partial charge < -0.3 is 4.74 Å². The van der Waals surface area contributed by atoms with Gasteiger partial charge >= 0.3 is 0 Å². The summed E-state index contributed by atoms with van der Waals surface area (Å²) in [6, 6.07) is 7.58. The van der Waals surface area contributed by atoms with Crippen LogP contribution in [-0.2, 0) is 4.79 Å². The largest absolute Gasteiger partial charge is 0.486 e. The first-order valence-electron chi connectivity index (χ1n) is 6.17. The van der Waals surface area contributed by atoms with Crippen LogP contribution >= 0.6 is 15.9 Å². The molecule has 0 saturated heterocycles. The van der Waals surface area contributed by atoms with Crippen LogP contribution in [0.3, 0.4) is 0 Å². The summed E-state index contributed by atoms with van der Waals surface area (Å²) in [5.41, 5.74) is 0. The van der Waals surface area contributed by atoms with Crippen LogP contribution in [0.5, 0.6) is 5.75 Å². The Morgan fingerprint density at radius 2 is 1.82 bits per heavy atom. The predicted octanol–water partition coefficient (Wildman–Crippen LogP) is 3.98. The number of rotatable bonds is 4. The third kappa shape index (κ3) is 3.84. The minimum absolute atomic E-state index is 0.215. The fourth-order valence-corrected chi connectivity index (χ4v) is 2.49. The number of benzene rings is 1. The molecule has 0 aliphatic heterocycles. The van der Waals surface area contributed by atoms with Gasteiger partial charge in [0.05, 0.1) is 0 Å². The van der Waals surface area contributed by atoms with Crippen molar-refractivity contribution < 1.29 is 9.53 Å². The van der Waals surface area contributed by atoms with Gasteiger partial charge in [-0.2, -0.15) is 0 Å². The average molecular weight is 297 g/mol. The smallest absolute Gasteiger partial charge is 0.173 e. The lowest BCUT2D eigenvalue weighted by Crippen LogP contribution is -2.23. The van der Waals surface area contributed by atoms with E-state index in [0.29, 0.717) is 0 Å². The monoisotopic (exact) mass is 296 g/mol. The Kier molecular flexibility index (Phi) is 4.60. The maximum Gasteiger partial charge on any atom is 0.173 e. The minimum atomic E-state index is 0.215. The molecule has 1 aromatic carbocycles. The molecule has 0 spiro atoms. The summed E-state index contributed by atoms with van der Waals surface area (Å²) in [6.45, 7) is 0.215. The van der Waals surface area contributed by atoms with Gasteiger partial charge in [0.15, 0.2) is 5.78 Å². The zero-order valence-electron chi connectivity index (χ0n) is 9.82. The van der Waals surface area contributed by atoms with E-state index in [-0.39, 0.29) is 18.3 Å². The molecule has 1 saturated carbocycles. The zero-order valence-corrected chi connectivity index (χ0v) is 11.4. The van der Waals surface area contributed by atoms with E-state index >= 15 is 0 Å². The van der Waals surface area contributed by atoms with Gasteiger partial charge in [-0.3, -0.25) is 4.79 Å². The Labute approximate surface area is 110 Å². The Balaban J connectivity index is 1.81.